The lowest BCUT2D eigenvalue weighted by atomic mass is 10.1. The summed E-state index contributed by atoms with van der Waals surface area (Å²) in [5.74, 6) is -0.941. The van der Waals surface area contributed by atoms with E-state index in [1.165, 1.54) is 6.08 Å². The third kappa shape index (κ3) is 4.45. The van der Waals surface area contributed by atoms with Crippen molar-refractivity contribution in [1.29, 1.82) is 0 Å². The summed E-state index contributed by atoms with van der Waals surface area (Å²) in [4.78, 5) is 29.2. The van der Waals surface area contributed by atoms with Gasteiger partial charge < -0.3 is 29.7 Å². The summed E-state index contributed by atoms with van der Waals surface area (Å²) >= 11 is 0. The summed E-state index contributed by atoms with van der Waals surface area (Å²) in [6.07, 6.45) is -3.51. The van der Waals surface area contributed by atoms with Gasteiger partial charge in [-0.2, -0.15) is 0 Å². The number of hydrogen-bond donors (Lipinski definition) is 4. The molecule has 2 rings (SSSR count). The van der Waals surface area contributed by atoms with Gasteiger partial charge in [-0.25, -0.2) is 9.78 Å². The first-order chi connectivity index (χ1) is 13.2. The molecular weight excluding hydrogens is 368 g/mol. The average molecular weight is 392 g/mol. The van der Waals surface area contributed by atoms with Crippen molar-refractivity contribution in [2.75, 3.05) is 13.2 Å². The van der Waals surface area contributed by atoms with Crippen LogP contribution in [0, 0.1) is 13.8 Å². The van der Waals surface area contributed by atoms with Gasteiger partial charge in [0.25, 0.3) is 5.56 Å². The normalized spacial score (nSPS) is 14.5. The molecule has 1 aromatic carbocycles. The van der Waals surface area contributed by atoms with E-state index in [2.05, 4.69) is 11.6 Å². The standard InChI is InChI=1S/C19H24N2O7/c1-4-5-28-19(27)16-18(26)21(8-14(23)17(25)15(24)9-22)13-7-11(3)10(2)6-12(13)20-16/h4,6-7,14-15,17,22-25H,1,5,8-9H2,2-3H3/t14-,15+,17-/m0/s1. The second-order valence-electron chi connectivity index (χ2n) is 6.50. The Hall–Kier alpha value is -2.59. The molecule has 1 heterocycles. The summed E-state index contributed by atoms with van der Waals surface area (Å²) in [5.41, 5.74) is 1.13. The Bertz CT molecular complexity index is 938. The van der Waals surface area contributed by atoms with Gasteiger partial charge >= 0.3 is 5.97 Å². The predicted molar refractivity (Wildman–Crippen MR) is 101 cm³/mol. The molecule has 0 amide bonds. The van der Waals surface area contributed by atoms with Crippen molar-refractivity contribution in [3.63, 3.8) is 0 Å². The van der Waals surface area contributed by atoms with Crippen molar-refractivity contribution in [1.82, 2.24) is 9.55 Å². The smallest absolute Gasteiger partial charge is 0.363 e. The summed E-state index contributed by atoms with van der Waals surface area (Å²) < 4.78 is 6.00. The molecule has 9 heteroatoms. The number of aliphatic hydroxyl groups is 4. The lowest BCUT2D eigenvalue weighted by Gasteiger charge is -2.23. The maximum Gasteiger partial charge on any atom is 0.363 e. The lowest BCUT2D eigenvalue weighted by molar-refractivity contribution is -0.0805. The van der Waals surface area contributed by atoms with Gasteiger partial charge in [0.2, 0.25) is 5.69 Å². The molecule has 0 unspecified atom stereocenters. The summed E-state index contributed by atoms with van der Waals surface area (Å²) in [7, 11) is 0. The molecule has 0 aliphatic heterocycles. The van der Waals surface area contributed by atoms with Crippen molar-refractivity contribution < 1.29 is 30.0 Å². The average Bonchev–Trinajstić information content (AvgIpc) is 2.68. The summed E-state index contributed by atoms with van der Waals surface area (Å²) in [5, 5.41) is 38.6. The number of aryl methyl sites for hydroxylation is 2. The van der Waals surface area contributed by atoms with Crippen LogP contribution in [0.4, 0.5) is 0 Å². The van der Waals surface area contributed by atoms with Crippen LogP contribution in [0.3, 0.4) is 0 Å². The fraction of sp³-hybridized carbons (Fsp3) is 0.421. The zero-order valence-electron chi connectivity index (χ0n) is 15.7. The Morgan fingerprint density at radius 3 is 2.50 bits per heavy atom. The molecule has 152 valence electrons. The molecule has 0 saturated heterocycles. The monoisotopic (exact) mass is 392 g/mol. The van der Waals surface area contributed by atoms with Gasteiger partial charge in [-0.15, -0.1) is 0 Å². The van der Waals surface area contributed by atoms with Crippen LogP contribution in [0.25, 0.3) is 11.0 Å². The van der Waals surface area contributed by atoms with Crippen LogP contribution in [0.2, 0.25) is 0 Å². The molecule has 0 aliphatic rings. The maximum atomic E-state index is 12.9. The third-order valence-electron chi connectivity index (χ3n) is 4.43. The van der Waals surface area contributed by atoms with Crippen LogP contribution < -0.4 is 5.56 Å². The lowest BCUT2D eigenvalue weighted by Crippen LogP contribution is -2.43. The highest BCUT2D eigenvalue weighted by Gasteiger charge is 2.27. The van der Waals surface area contributed by atoms with E-state index in [-0.39, 0.29) is 6.61 Å². The first-order valence-electron chi connectivity index (χ1n) is 8.66. The first-order valence-corrected chi connectivity index (χ1v) is 8.66. The number of aliphatic hydroxyl groups excluding tert-OH is 4. The van der Waals surface area contributed by atoms with E-state index >= 15 is 0 Å². The molecular formula is C19H24N2O7. The summed E-state index contributed by atoms with van der Waals surface area (Å²) in [6.45, 7) is 5.82. The number of ether oxygens (including phenoxy) is 1. The molecule has 0 aliphatic carbocycles. The molecule has 4 N–H and O–H groups in total. The Morgan fingerprint density at radius 1 is 1.25 bits per heavy atom. The number of hydrogen-bond acceptors (Lipinski definition) is 8. The van der Waals surface area contributed by atoms with E-state index in [0.717, 1.165) is 15.7 Å². The van der Waals surface area contributed by atoms with Crippen molar-refractivity contribution >= 4 is 17.0 Å². The van der Waals surface area contributed by atoms with E-state index in [0.29, 0.717) is 11.0 Å². The van der Waals surface area contributed by atoms with Crippen LogP contribution >= 0.6 is 0 Å². The number of carbonyl (C=O) groups excluding carboxylic acids is 1. The highest BCUT2D eigenvalue weighted by molar-refractivity contribution is 5.90. The van der Waals surface area contributed by atoms with Gasteiger partial charge in [0.15, 0.2) is 0 Å². The highest BCUT2D eigenvalue weighted by Crippen LogP contribution is 2.18. The number of benzene rings is 1. The largest absolute Gasteiger partial charge is 0.457 e. The van der Waals surface area contributed by atoms with Gasteiger partial charge in [0, 0.05) is 0 Å². The molecule has 0 radical (unpaired) electrons. The Balaban J connectivity index is 2.61. The Morgan fingerprint density at radius 2 is 1.89 bits per heavy atom. The van der Waals surface area contributed by atoms with Crippen molar-refractivity contribution in [3.8, 4) is 0 Å². The molecule has 28 heavy (non-hydrogen) atoms. The number of esters is 1. The Kier molecular flexibility index (Phi) is 7.03. The molecule has 9 nitrogen and oxygen atoms in total. The van der Waals surface area contributed by atoms with Crippen LogP contribution in [0.15, 0.2) is 29.6 Å². The number of fused-ring (bicyclic) bond motifs is 1. The minimum absolute atomic E-state index is 0.102. The fourth-order valence-corrected chi connectivity index (χ4v) is 2.67. The van der Waals surface area contributed by atoms with Crippen molar-refractivity contribution in [3.05, 3.63) is 52.0 Å². The van der Waals surface area contributed by atoms with Gasteiger partial charge in [0.05, 0.1) is 24.2 Å². The first kappa shape index (κ1) is 21.7. The molecule has 0 spiro atoms. The molecule has 1 aromatic heterocycles. The van der Waals surface area contributed by atoms with Gasteiger partial charge in [-0.3, -0.25) is 4.79 Å². The van der Waals surface area contributed by atoms with Gasteiger partial charge in [-0.05, 0) is 37.1 Å². The van der Waals surface area contributed by atoms with E-state index in [9.17, 15) is 24.9 Å². The highest BCUT2D eigenvalue weighted by atomic mass is 16.5. The van der Waals surface area contributed by atoms with Crippen LogP contribution in [-0.4, -0.2) is 67.5 Å². The Labute approximate surface area is 161 Å². The van der Waals surface area contributed by atoms with E-state index in [4.69, 9.17) is 9.84 Å². The molecule has 0 fully saturated rings. The molecule has 0 bridgehead atoms. The number of carbonyl (C=O) groups is 1. The maximum absolute atomic E-state index is 12.9. The topological polar surface area (TPSA) is 142 Å². The van der Waals surface area contributed by atoms with E-state index in [1.807, 2.05) is 13.8 Å². The van der Waals surface area contributed by atoms with E-state index < -0.39 is 48.7 Å². The zero-order chi connectivity index (χ0) is 21.0. The second-order valence-corrected chi connectivity index (χ2v) is 6.50. The quantitative estimate of drug-likeness (QED) is 0.346. The zero-order valence-corrected chi connectivity index (χ0v) is 15.7. The van der Waals surface area contributed by atoms with Crippen molar-refractivity contribution in [2.45, 2.75) is 38.7 Å². The minimum Gasteiger partial charge on any atom is -0.457 e. The fourth-order valence-electron chi connectivity index (χ4n) is 2.67. The van der Waals surface area contributed by atoms with Crippen molar-refractivity contribution in [2.24, 2.45) is 0 Å². The summed E-state index contributed by atoms with van der Waals surface area (Å²) in [6, 6.07) is 3.37. The van der Waals surface area contributed by atoms with Crippen LogP contribution in [0.1, 0.15) is 21.6 Å². The number of nitrogens with zero attached hydrogens (tertiary/aromatic N) is 2. The molecule has 2 aromatic rings. The number of rotatable bonds is 8. The number of aromatic nitrogens is 2. The minimum atomic E-state index is -1.69. The third-order valence-corrected chi connectivity index (χ3v) is 4.43. The molecule has 0 saturated carbocycles. The second kappa shape index (κ2) is 9.07. The predicted octanol–water partition coefficient (Wildman–Crippen LogP) is -0.569. The molecule has 3 atom stereocenters. The van der Waals surface area contributed by atoms with Gasteiger partial charge in [0.1, 0.15) is 24.9 Å². The van der Waals surface area contributed by atoms with Gasteiger partial charge in [-0.1, -0.05) is 12.7 Å². The van der Waals surface area contributed by atoms with E-state index in [1.54, 1.807) is 12.1 Å². The van der Waals surface area contributed by atoms with Crippen LogP contribution in [-0.2, 0) is 11.3 Å². The van der Waals surface area contributed by atoms with Crippen LogP contribution in [0.5, 0.6) is 0 Å². The SMILES string of the molecule is C=CCOC(=O)c1nc2cc(C)c(C)cc2n(C[C@H](O)[C@H](O)[C@H](O)CO)c1=O.